The summed E-state index contributed by atoms with van der Waals surface area (Å²) in [6, 6.07) is 15.6. The molecule has 4 atom stereocenters. The molecule has 0 fully saturated rings. The number of rotatable bonds is 25. The van der Waals surface area contributed by atoms with Crippen molar-refractivity contribution in [1.29, 1.82) is 0 Å². The Morgan fingerprint density at radius 2 is 1.02 bits per heavy atom. The van der Waals surface area contributed by atoms with E-state index in [2.05, 4.69) is 118 Å². The van der Waals surface area contributed by atoms with Crippen molar-refractivity contribution in [2.75, 3.05) is 71.7 Å². The number of unbranched alkanes of at least 4 members (excludes halogenated alkanes) is 2. The molecule has 0 heterocycles. The quantitative estimate of drug-likeness (QED) is 0.0454. The highest BCUT2D eigenvalue weighted by molar-refractivity contribution is 5.70. The number of nitrogens with two attached hydrogens (primary N) is 5. The summed E-state index contributed by atoms with van der Waals surface area (Å²) < 4.78 is 11.9. The molecule has 0 aromatic heterocycles. The molecule has 11 N–H and O–H groups in total. The SMILES string of the molecule is CC.CCCCC(CC)COc1cc(N)c(OCC(CC)CCCC)cc1N.CCNc1cc(N)ccc1N.Cc1cc(N(CCC(C)CC(C)(C)C)CCC(C)CC(C)(C)C)ccc1N. The van der Waals surface area contributed by atoms with E-state index >= 15 is 0 Å². The van der Waals surface area contributed by atoms with Crippen LogP contribution in [-0.4, -0.2) is 32.8 Å². The van der Waals surface area contributed by atoms with Crippen molar-refractivity contribution in [3.05, 3.63) is 54.1 Å². The fourth-order valence-electron chi connectivity index (χ4n) is 8.24. The fourth-order valence-corrected chi connectivity index (χ4v) is 8.24. The van der Waals surface area contributed by atoms with Crippen LogP contribution in [0.2, 0.25) is 0 Å². The van der Waals surface area contributed by atoms with E-state index in [-0.39, 0.29) is 0 Å². The number of hydrogen-bond acceptors (Lipinski definition) is 9. The third-order valence-electron chi connectivity index (χ3n) is 11.9. The Balaban J connectivity index is 0.00000101. The van der Waals surface area contributed by atoms with Crippen LogP contribution < -0.4 is 48.4 Å². The van der Waals surface area contributed by atoms with Gasteiger partial charge in [-0.05, 0) is 129 Å². The first-order valence-electron chi connectivity index (χ1n) is 26.0. The molecule has 0 aliphatic rings. The van der Waals surface area contributed by atoms with Gasteiger partial charge in [-0.2, -0.15) is 0 Å². The number of ether oxygens (including phenoxy) is 2. The first-order valence-corrected chi connectivity index (χ1v) is 26.0. The van der Waals surface area contributed by atoms with E-state index in [1.807, 2.05) is 39.0 Å². The second-order valence-electron chi connectivity index (χ2n) is 21.1. The van der Waals surface area contributed by atoms with Gasteiger partial charge >= 0.3 is 0 Å². The lowest BCUT2D eigenvalue weighted by atomic mass is 9.83. The predicted octanol–water partition coefficient (Wildman–Crippen LogP) is 15.7. The zero-order valence-electron chi connectivity index (χ0n) is 45.6. The van der Waals surface area contributed by atoms with E-state index in [1.54, 1.807) is 12.1 Å². The van der Waals surface area contributed by atoms with Gasteiger partial charge in [0.1, 0.15) is 11.5 Å². The molecule has 0 aliphatic carbocycles. The lowest BCUT2D eigenvalue weighted by molar-refractivity contribution is 0.229. The Morgan fingerprint density at radius 3 is 1.39 bits per heavy atom. The summed E-state index contributed by atoms with van der Waals surface area (Å²) in [5.74, 6) is 3.96. The second kappa shape index (κ2) is 33.4. The summed E-state index contributed by atoms with van der Waals surface area (Å²) in [6.45, 7) is 40.4. The van der Waals surface area contributed by atoms with Crippen LogP contribution in [0.1, 0.15) is 186 Å². The number of aryl methyl sites for hydroxylation is 1. The number of nitrogen functional groups attached to an aromatic ring is 5. The van der Waals surface area contributed by atoms with Crippen LogP contribution >= 0.6 is 0 Å². The van der Waals surface area contributed by atoms with E-state index in [0.717, 1.165) is 67.1 Å². The molecule has 3 aromatic rings. The summed E-state index contributed by atoms with van der Waals surface area (Å²) >= 11 is 0. The molecule has 0 bridgehead atoms. The average Bonchev–Trinajstić information content (AvgIpc) is 3.24. The zero-order chi connectivity index (χ0) is 50.5. The third-order valence-corrected chi connectivity index (χ3v) is 11.9. The zero-order valence-corrected chi connectivity index (χ0v) is 45.6. The second-order valence-corrected chi connectivity index (χ2v) is 21.1. The number of nitrogens with one attached hydrogen (secondary N) is 1. The minimum Gasteiger partial charge on any atom is -0.491 e. The van der Waals surface area contributed by atoms with Gasteiger partial charge in [0.2, 0.25) is 0 Å². The van der Waals surface area contributed by atoms with Crippen molar-refractivity contribution in [2.24, 2.45) is 34.5 Å². The van der Waals surface area contributed by atoms with E-state index in [9.17, 15) is 0 Å². The smallest absolute Gasteiger partial charge is 0.144 e. The van der Waals surface area contributed by atoms with Crippen LogP contribution in [0.4, 0.5) is 39.8 Å². The highest BCUT2D eigenvalue weighted by Crippen LogP contribution is 2.35. The molecular formula is C57H105N7O2. The van der Waals surface area contributed by atoms with Gasteiger partial charge < -0.3 is 48.4 Å². The van der Waals surface area contributed by atoms with Gasteiger partial charge in [0.05, 0.1) is 36.0 Å². The van der Waals surface area contributed by atoms with Gasteiger partial charge in [-0.15, -0.1) is 0 Å². The maximum absolute atomic E-state index is 6.18. The number of benzene rings is 3. The molecule has 0 radical (unpaired) electrons. The number of hydrogen-bond donors (Lipinski definition) is 6. The van der Waals surface area contributed by atoms with Crippen molar-refractivity contribution in [3.63, 3.8) is 0 Å². The van der Waals surface area contributed by atoms with Crippen LogP contribution in [0, 0.1) is 41.4 Å². The van der Waals surface area contributed by atoms with Gasteiger partial charge in [0, 0.05) is 48.8 Å². The Kier molecular flexibility index (Phi) is 31.3. The van der Waals surface area contributed by atoms with Crippen LogP contribution in [0.3, 0.4) is 0 Å². The minimum absolute atomic E-state index is 0.406. The van der Waals surface area contributed by atoms with Gasteiger partial charge in [0.25, 0.3) is 0 Å². The normalized spacial score (nSPS) is 13.0. The Morgan fingerprint density at radius 1 is 0.576 bits per heavy atom. The third kappa shape index (κ3) is 27.5. The first-order chi connectivity index (χ1) is 31.1. The molecule has 4 unspecified atom stereocenters. The molecule has 380 valence electrons. The summed E-state index contributed by atoms with van der Waals surface area (Å²) in [6.07, 6.45) is 14.6. The predicted molar refractivity (Wildman–Crippen MR) is 297 cm³/mol. The van der Waals surface area contributed by atoms with Crippen molar-refractivity contribution in [3.8, 4) is 11.5 Å². The molecular weight excluding hydrogens is 815 g/mol. The number of nitrogens with zero attached hydrogens (tertiary/aromatic N) is 1. The lowest BCUT2D eigenvalue weighted by Gasteiger charge is -2.31. The van der Waals surface area contributed by atoms with Gasteiger partial charge in [-0.25, -0.2) is 0 Å². The van der Waals surface area contributed by atoms with Crippen molar-refractivity contribution < 1.29 is 9.47 Å². The Labute approximate surface area is 407 Å². The summed E-state index contributed by atoms with van der Waals surface area (Å²) in [5, 5.41) is 3.11. The maximum atomic E-state index is 6.18. The molecule has 3 aromatic carbocycles. The molecule has 9 nitrogen and oxygen atoms in total. The molecule has 0 spiro atoms. The van der Waals surface area contributed by atoms with E-state index in [1.165, 1.54) is 75.5 Å². The Bertz CT molecular complexity index is 1630. The molecule has 0 aliphatic heterocycles. The van der Waals surface area contributed by atoms with Crippen LogP contribution in [0.15, 0.2) is 48.5 Å². The monoisotopic (exact) mass is 920 g/mol. The van der Waals surface area contributed by atoms with Gasteiger partial charge in [-0.3, -0.25) is 0 Å². The Hall–Kier alpha value is -4.14. The van der Waals surface area contributed by atoms with E-state index < -0.39 is 0 Å². The summed E-state index contributed by atoms with van der Waals surface area (Å²) in [7, 11) is 0. The summed E-state index contributed by atoms with van der Waals surface area (Å²) in [5.41, 5.74) is 37.4. The highest BCUT2D eigenvalue weighted by atomic mass is 16.5. The first kappa shape index (κ1) is 61.9. The fraction of sp³-hybridized carbons (Fsp3) is 0.684. The standard InChI is InChI=1S/C25H46N2.C22H40N2O2.C8H13N3.C2H6/c1-19(17-24(4,5)6)12-14-27(15-13-20(2)18-25(7,8)9)22-10-11-23(26)21(3)16-22;1-5-9-11-17(7-3)15-25-21-13-20(24)22(14-19(21)23)26-16-18(8-4)12-10-6-2;1-2-11-8-5-6(9)3-4-7(8)10;1-2/h10-11,16,19-20H,12-15,17-18,26H2,1-9H3;13-14,17-18H,5-12,15-16,23-24H2,1-4H3;3-5,11H,2,9-10H2,1H3;1-2H3. The van der Waals surface area contributed by atoms with Crippen molar-refractivity contribution in [2.45, 2.75) is 188 Å². The van der Waals surface area contributed by atoms with Crippen LogP contribution in [-0.2, 0) is 0 Å². The maximum Gasteiger partial charge on any atom is 0.144 e. The summed E-state index contributed by atoms with van der Waals surface area (Å²) in [4.78, 5) is 2.59. The highest BCUT2D eigenvalue weighted by Gasteiger charge is 2.20. The van der Waals surface area contributed by atoms with E-state index in [4.69, 9.17) is 38.1 Å². The van der Waals surface area contributed by atoms with Gasteiger partial charge in [-0.1, -0.05) is 135 Å². The molecule has 0 saturated carbocycles. The minimum atomic E-state index is 0.406. The largest absolute Gasteiger partial charge is 0.491 e. The molecule has 0 amide bonds. The lowest BCUT2D eigenvalue weighted by Crippen LogP contribution is -2.29. The van der Waals surface area contributed by atoms with E-state index in [0.29, 0.717) is 58.8 Å². The topological polar surface area (TPSA) is 164 Å². The van der Waals surface area contributed by atoms with Gasteiger partial charge in [0.15, 0.2) is 0 Å². The van der Waals surface area contributed by atoms with Crippen LogP contribution in [0.25, 0.3) is 0 Å². The molecule has 66 heavy (non-hydrogen) atoms. The van der Waals surface area contributed by atoms with Crippen molar-refractivity contribution in [1.82, 2.24) is 0 Å². The average molecular weight is 921 g/mol. The van der Waals surface area contributed by atoms with Crippen LogP contribution in [0.5, 0.6) is 11.5 Å². The molecule has 3 rings (SSSR count). The molecule has 0 saturated heterocycles. The van der Waals surface area contributed by atoms with Crippen molar-refractivity contribution >= 4 is 39.8 Å². The molecule has 9 heteroatoms. The number of anilines is 7.